The number of nitrogens with zero attached hydrogens (tertiary/aromatic N) is 1. The van der Waals surface area contributed by atoms with E-state index in [1.807, 2.05) is 6.92 Å². The summed E-state index contributed by atoms with van der Waals surface area (Å²) in [5.41, 5.74) is 10.4. The summed E-state index contributed by atoms with van der Waals surface area (Å²) in [6, 6.07) is 0. The molecule has 1 aliphatic rings. The molecule has 0 heterocycles. The molecular weight excluding hydrogens is 138 g/mol. The van der Waals surface area contributed by atoms with Crippen LogP contribution in [0.15, 0.2) is 4.99 Å². The van der Waals surface area contributed by atoms with Gasteiger partial charge in [0, 0.05) is 0 Å². The maximum atomic E-state index is 5.15. The highest BCUT2D eigenvalue weighted by Gasteiger charge is 2.36. The third-order valence-electron chi connectivity index (χ3n) is 1.37. The molecule has 1 rings (SSSR count). The first-order chi connectivity index (χ1) is 3.62. The van der Waals surface area contributed by atoms with Crippen molar-refractivity contribution in [3.05, 3.63) is 0 Å². The summed E-state index contributed by atoms with van der Waals surface area (Å²) in [5.74, 6) is 0.213. The zero-order chi connectivity index (χ0) is 6.20. The normalized spacial score (nSPS) is 19.7. The van der Waals surface area contributed by atoms with Crippen LogP contribution in [0.3, 0.4) is 0 Å². The maximum Gasteiger partial charge on any atom is 0.186 e. The van der Waals surface area contributed by atoms with Gasteiger partial charge in [0.25, 0.3) is 0 Å². The van der Waals surface area contributed by atoms with E-state index >= 15 is 0 Å². The predicted octanol–water partition coefficient (Wildman–Crippen LogP) is 0.234. The molecule has 3 nitrogen and oxygen atoms in total. The van der Waals surface area contributed by atoms with Crippen LogP contribution < -0.4 is 11.5 Å². The Morgan fingerprint density at radius 2 is 1.89 bits per heavy atom. The van der Waals surface area contributed by atoms with Gasteiger partial charge in [0.2, 0.25) is 0 Å². The number of guanidine groups is 1. The van der Waals surface area contributed by atoms with Crippen molar-refractivity contribution >= 4 is 18.4 Å². The van der Waals surface area contributed by atoms with Crippen LogP contribution in [-0.4, -0.2) is 11.5 Å². The largest absolute Gasteiger partial charge is 0.370 e. The molecule has 1 aliphatic carbocycles. The standard InChI is InChI=1S/C5H11N3.ClH/c1-5(2-3-5)8-4(6)7;/h2-3H2,1H3,(H4,6,7,8);1H. The highest BCUT2D eigenvalue weighted by atomic mass is 35.5. The molecule has 0 radical (unpaired) electrons. The molecule has 0 amide bonds. The molecule has 0 spiro atoms. The van der Waals surface area contributed by atoms with Crippen molar-refractivity contribution in [2.45, 2.75) is 25.3 Å². The van der Waals surface area contributed by atoms with Gasteiger partial charge in [0.1, 0.15) is 0 Å². The van der Waals surface area contributed by atoms with Crippen LogP contribution in [0.1, 0.15) is 19.8 Å². The lowest BCUT2D eigenvalue weighted by Gasteiger charge is -1.97. The van der Waals surface area contributed by atoms with E-state index in [1.165, 1.54) is 0 Å². The van der Waals surface area contributed by atoms with Crippen molar-refractivity contribution in [1.29, 1.82) is 0 Å². The fourth-order valence-corrected chi connectivity index (χ4v) is 0.604. The number of nitrogens with two attached hydrogens (primary N) is 2. The average molecular weight is 150 g/mol. The summed E-state index contributed by atoms with van der Waals surface area (Å²) in [5, 5.41) is 0. The van der Waals surface area contributed by atoms with Gasteiger partial charge in [-0.15, -0.1) is 12.4 Å². The molecule has 0 unspecified atom stereocenters. The van der Waals surface area contributed by atoms with Crippen LogP contribution in [-0.2, 0) is 0 Å². The zero-order valence-electron chi connectivity index (χ0n) is 5.42. The monoisotopic (exact) mass is 149 g/mol. The minimum Gasteiger partial charge on any atom is -0.370 e. The topological polar surface area (TPSA) is 64.4 Å². The van der Waals surface area contributed by atoms with Gasteiger partial charge >= 0.3 is 0 Å². The van der Waals surface area contributed by atoms with Gasteiger partial charge in [-0.1, -0.05) is 0 Å². The minimum atomic E-state index is 0. The summed E-state index contributed by atoms with van der Waals surface area (Å²) in [6.45, 7) is 2.05. The zero-order valence-corrected chi connectivity index (χ0v) is 6.24. The minimum absolute atomic E-state index is 0. The molecule has 1 fully saturated rings. The van der Waals surface area contributed by atoms with Gasteiger partial charge in [-0.2, -0.15) is 0 Å². The number of halogens is 1. The van der Waals surface area contributed by atoms with Gasteiger partial charge in [0.05, 0.1) is 5.54 Å². The average Bonchev–Trinajstić information content (AvgIpc) is 2.17. The fourth-order valence-electron chi connectivity index (χ4n) is 0.604. The SMILES string of the molecule is CC1(N=C(N)N)CC1.Cl. The Morgan fingerprint density at radius 1 is 1.44 bits per heavy atom. The van der Waals surface area contributed by atoms with E-state index in [9.17, 15) is 0 Å². The molecule has 54 valence electrons. The van der Waals surface area contributed by atoms with Gasteiger partial charge in [-0.3, -0.25) is 0 Å². The lowest BCUT2D eigenvalue weighted by Crippen LogP contribution is -2.25. The van der Waals surface area contributed by atoms with Crippen LogP contribution in [0.4, 0.5) is 0 Å². The lowest BCUT2D eigenvalue weighted by molar-refractivity contribution is 0.761. The number of hydrogen-bond donors (Lipinski definition) is 2. The summed E-state index contributed by atoms with van der Waals surface area (Å²) in [4.78, 5) is 3.99. The first-order valence-electron chi connectivity index (χ1n) is 2.73. The molecule has 0 aromatic heterocycles. The molecule has 0 atom stereocenters. The Balaban J connectivity index is 0.000000640. The van der Waals surface area contributed by atoms with Crippen molar-refractivity contribution in [3.63, 3.8) is 0 Å². The molecule has 0 bridgehead atoms. The molecule has 4 heteroatoms. The van der Waals surface area contributed by atoms with E-state index in [2.05, 4.69) is 4.99 Å². The highest BCUT2D eigenvalue weighted by molar-refractivity contribution is 5.85. The van der Waals surface area contributed by atoms with Gasteiger partial charge in [-0.05, 0) is 19.8 Å². The molecule has 4 N–H and O–H groups in total. The third kappa shape index (κ3) is 2.56. The molecule has 1 saturated carbocycles. The first-order valence-corrected chi connectivity index (χ1v) is 2.73. The van der Waals surface area contributed by atoms with E-state index < -0.39 is 0 Å². The Morgan fingerprint density at radius 3 is 2.00 bits per heavy atom. The number of aliphatic imine (C=N–C) groups is 1. The highest BCUT2D eigenvalue weighted by Crippen LogP contribution is 2.38. The third-order valence-corrected chi connectivity index (χ3v) is 1.37. The number of rotatable bonds is 1. The van der Waals surface area contributed by atoms with Crippen LogP contribution in [0.5, 0.6) is 0 Å². The Kier molecular flexibility index (Phi) is 2.32. The summed E-state index contributed by atoms with van der Waals surface area (Å²) < 4.78 is 0. The van der Waals surface area contributed by atoms with E-state index in [0.29, 0.717) is 0 Å². The summed E-state index contributed by atoms with van der Waals surface area (Å²) in [6.07, 6.45) is 2.26. The van der Waals surface area contributed by atoms with Crippen molar-refractivity contribution in [3.8, 4) is 0 Å². The Bertz CT molecular complexity index is 124. The fraction of sp³-hybridized carbons (Fsp3) is 0.800. The van der Waals surface area contributed by atoms with Gasteiger partial charge in [-0.25, -0.2) is 4.99 Å². The van der Waals surface area contributed by atoms with Crippen molar-refractivity contribution in [2.24, 2.45) is 16.5 Å². The Labute approximate surface area is 60.9 Å². The van der Waals surface area contributed by atoms with Crippen LogP contribution in [0.2, 0.25) is 0 Å². The molecular formula is C5H12ClN3. The molecule has 0 saturated heterocycles. The second kappa shape index (κ2) is 2.43. The van der Waals surface area contributed by atoms with E-state index in [1.54, 1.807) is 0 Å². The van der Waals surface area contributed by atoms with E-state index in [-0.39, 0.29) is 23.9 Å². The number of hydrogen-bond acceptors (Lipinski definition) is 1. The van der Waals surface area contributed by atoms with E-state index in [4.69, 9.17) is 11.5 Å². The van der Waals surface area contributed by atoms with Crippen LogP contribution >= 0.6 is 12.4 Å². The smallest absolute Gasteiger partial charge is 0.186 e. The molecule has 0 aromatic carbocycles. The second-order valence-electron chi connectivity index (χ2n) is 2.53. The van der Waals surface area contributed by atoms with Crippen molar-refractivity contribution < 1.29 is 0 Å². The van der Waals surface area contributed by atoms with E-state index in [0.717, 1.165) is 12.8 Å². The van der Waals surface area contributed by atoms with Gasteiger partial charge < -0.3 is 11.5 Å². The molecule has 0 aromatic rings. The van der Waals surface area contributed by atoms with Crippen LogP contribution in [0.25, 0.3) is 0 Å². The first kappa shape index (κ1) is 8.56. The molecule has 0 aliphatic heterocycles. The van der Waals surface area contributed by atoms with Crippen LogP contribution in [0, 0.1) is 0 Å². The summed E-state index contributed by atoms with van der Waals surface area (Å²) >= 11 is 0. The predicted molar refractivity (Wildman–Crippen MR) is 40.7 cm³/mol. The Hall–Kier alpha value is -0.440. The van der Waals surface area contributed by atoms with Crippen molar-refractivity contribution in [2.75, 3.05) is 0 Å². The lowest BCUT2D eigenvalue weighted by atomic mass is 10.3. The van der Waals surface area contributed by atoms with Gasteiger partial charge in [0.15, 0.2) is 5.96 Å². The van der Waals surface area contributed by atoms with Crippen molar-refractivity contribution in [1.82, 2.24) is 0 Å². The quantitative estimate of drug-likeness (QED) is 0.414. The maximum absolute atomic E-state index is 5.15. The summed E-state index contributed by atoms with van der Waals surface area (Å²) in [7, 11) is 0. The second-order valence-corrected chi connectivity index (χ2v) is 2.53. The molecule has 9 heavy (non-hydrogen) atoms.